The number of benzene rings is 1. The number of nitrogens with zero attached hydrogens (tertiary/aromatic N) is 2. The fourth-order valence-electron chi connectivity index (χ4n) is 1.48. The molecule has 0 radical (unpaired) electrons. The van der Waals surface area contributed by atoms with Gasteiger partial charge in [-0.1, -0.05) is 26.8 Å². The van der Waals surface area contributed by atoms with E-state index in [1.807, 2.05) is 12.1 Å². The van der Waals surface area contributed by atoms with Crippen LogP contribution >= 0.6 is 0 Å². The minimum absolute atomic E-state index is 0.000265. The molecule has 0 saturated carbocycles. The van der Waals surface area contributed by atoms with Crippen molar-refractivity contribution in [2.75, 3.05) is 6.61 Å². The zero-order valence-electron chi connectivity index (χ0n) is 9.74. The van der Waals surface area contributed by atoms with Crippen molar-refractivity contribution >= 4 is 0 Å². The van der Waals surface area contributed by atoms with Crippen LogP contribution in [0.3, 0.4) is 0 Å². The Morgan fingerprint density at radius 2 is 1.94 bits per heavy atom. The van der Waals surface area contributed by atoms with Crippen molar-refractivity contribution in [2.24, 2.45) is 0 Å². The smallest absolute Gasteiger partial charge is 0.174 e. The second-order valence-electron chi connectivity index (χ2n) is 4.52. The molecular formula is C13H14N2O. The second-order valence-corrected chi connectivity index (χ2v) is 4.52. The Morgan fingerprint density at radius 3 is 2.44 bits per heavy atom. The summed E-state index contributed by atoms with van der Waals surface area (Å²) < 4.78 is 5.15. The molecule has 3 nitrogen and oxygen atoms in total. The van der Waals surface area contributed by atoms with E-state index in [-0.39, 0.29) is 12.0 Å². The molecule has 1 rings (SSSR count). The summed E-state index contributed by atoms with van der Waals surface area (Å²) in [6.07, 6.45) is 0. The summed E-state index contributed by atoms with van der Waals surface area (Å²) in [4.78, 5) is 0. The zero-order valence-corrected chi connectivity index (χ0v) is 9.74. The van der Waals surface area contributed by atoms with Gasteiger partial charge in [0.1, 0.15) is 11.8 Å². The van der Waals surface area contributed by atoms with Gasteiger partial charge in [0.05, 0.1) is 11.6 Å². The van der Waals surface area contributed by atoms with Crippen molar-refractivity contribution in [3.8, 4) is 17.9 Å². The molecule has 0 spiro atoms. The van der Waals surface area contributed by atoms with Crippen LogP contribution in [-0.2, 0) is 5.41 Å². The zero-order chi connectivity index (χ0) is 12.2. The molecule has 1 aromatic rings. The van der Waals surface area contributed by atoms with Gasteiger partial charge in [0, 0.05) is 0 Å². The molecule has 1 aromatic carbocycles. The van der Waals surface area contributed by atoms with E-state index >= 15 is 0 Å². The number of hydrogen-bond donors (Lipinski definition) is 0. The van der Waals surface area contributed by atoms with Crippen LogP contribution in [0, 0.1) is 22.7 Å². The van der Waals surface area contributed by atoms with Gasteiger partial charge in [-0.15, -0.1) is 0 Å². The lowest BCUT2D eigenvalue weighted by Gasteiger charge is -2.20. The summed E-state index contributed by atoms with van der Waals surface area (Å²) in [7, 11) is 0. The summed E-state index contributed by atoms with van der Waals surface area (Å²) in [5.41, 5.74) is 1.51. The third-order valence-electron chi connectivity index (χ3n) is 2.22. The van der Waals surface area contributed by atoms with Crippen LogP contribution in [0.1, 0.15) is 31.9 Å². The third-order valence-corrected chi connectivity index (χ3v) is 2.22. The molecule has 82 valence electrons. The average Bonchev–Trinajstić information content (AvgIpc) is 2.24. The Kier molecular flexibility index (Phi) is 3.53. The van der Waals surface area contributed by atoms with E-state index in [1.54, 1.807) is 12.1 Å². The van der Waals surface area contributed by atoms with Gasteiger partial charge >= 0.3 is 0 Å². The van der Waals surface area contributed by atoms with Gasteiger partial charge in [-0.2, -0.15) is 10.5 Å². The van der Waals surface area contributed by atoms with E-state index in [0.29, 0.717) is 11.3 Å². The quantitative estimate of drug-likeness (QED) is 0.760. The van der Waals surface area contributed by atoms with E-state index in [1.165, 1.54) is 0 Å². The van der Waals surface area contributed by atoms with Crippen LogP contribution in [-0.4, -0.2) is 6.61 Å². The second kappa shape index (κ2) is 4.68. The molecule has 0 aliphatic rings. The Hall–Kier alpha value is -2.00. The van der Waals surface area contributed by atoms with Crippen LogP contribution in [0.2, 0.25) is 0 Å². The Morgan fingerprint density at radius 1 is 1.25 bits per heavy atom. The van der Waals surface area contributed by atoms with E-state index in [0.717, 1.165) is 5.56 Å². The number of rotatable bonds is 2. The molecule has 0 aromatic heterocycles. The largest absolute Gasteiger partial charge is 0.479 e. The molecule has 0 aliphatic heterocycles. The summed E-state index contributed by atoms with van der Waals surface area (Å²) in [5.74, 6) is 0.561. The Bertz CT molecular complexity index is 458. The standard InChI is InChI=1S/C13H14N2O/c1-13(2,3)12-5-4-11(16-7-6-14)8-10(12)9-15/h4-5,8H,7H2,1-3H3. The lowest BCUT2D eigenvalue weighted by Crippen LogP contribution is -2.13. The van der Waals surface area contributed by atoms with Crippen molar-refractivity contribution in [3.63, 3.8) is 0 Å². The van der Waals surface area contributed by atoms with Crippen LogP contribution in [0.4, 0.5) is 0 Å². The van der Waals surface area contributed by atoms with Crippen LogP contribution in [0.5, 0.6) is 5.75 Å². The van der Waals surface area contributed by atoms with Gasteiger partial charge in [0.2, 0.25) is 0 Å². The maximum Gasteiger partial charge on any atom is 0.174 e. The molecule has 0 saturated heterocycles. The SMILES string of the molecule is CC(C)(C)c1ccc(OCC#N)cc1C#N. The normalized spacial score (nSPS) is 10.3. The Balaban J connectivity index is 3.10. The molecule has 0 aliphatic carbocycles. The monoisotopic (exact) mass is 214 g/mol. The van der Waals surface area contributed by atoms with Crippen molar-refractivity contribution in [1.29, 1.82) is 10.5 Å². The first kappa shape index (κ1) is 12.1. The molecule has 0 heterocycles. The Labute approximate surface area is 95.9 Å². The van der Waals surface area contributed by atoms with Gasteiger partial charge in [-0.3, -0.25) is 0 Å². The summed E-state index contributed by atoms with van der Waals surface area (Å²) in [6, 6.07) is 9.40. The van der Waals surface area contributed by atoms with Crippen LogP contribution in [0.15, 0.2) is 18.2 Å². The summed E-state index contributed by atoms with van der Waals surface area (Å²) >= 11 is 0. The van der Waals surface area contributed by atoms with Crippen molar-refractivity contribution in [3.05, 3.63) is 29.3 Å². The third kappa shape index (κ3) is 2.74. The molecule has 0 unspecified atom stereocenters. The number of ether oxygens (including phenoxy) is 1. The maximum atomic E-state index is 9.06. The fourth-order valence-corrected chi connectivity index (χ4v) is 1.48. The van der Waals surface area contributed by atoms with Gasteiger partial charge < -0.3 is 4.74 Å². The molecular weight excluding hydrogens is 200 g/mol. The van der Waals surface area contributed by atoms with Crippen molar-refractivity contribution in [1.82, 2.24) is 0 Å². The highest BCUT2D eigenvalue weighted by Gasteiger charge is 2.18. The van der Waals surface area contributed by atoms with Gasteiger partial charge in [-0.05, 0) is 23.1 Å². The van der Waals surface area contributed by atoms with Gasteiger partial charge in [0.25, 0.3) is 0 Å². The first-order valence-electron chi connectivity index (χ1n) is 5.03. The van der Waals surface area contributed by atoms with Crippen LogP contribution in [0.25, 0.3) is 0 Å². The predicted octanol–water partition coefficient (Wildman–Crippen LogP) is 2.76. The molecule has 0 atom stereocenters. The molecule has 16 heavy (non-hydrogen) atoms. The topological polar surface area (TPSA) is 56.8 Å². The average molecular weight is 214 g/mol. The van der Waals surface area contributed by atoms with E-state index in [2.05, 4.69) is 26.8 Å². The first-order chi connectivity index (χ1) is 7.49. The highest BCUT2D eigenvalue weighted by atomic mass is 16.5. The molecule has 3 heteroatoms. The first-order valence-corrected chi connectivity index (χ1v) is 5.03. The molecule has 0 bridgehead atoms. The predicted molar refractivity (Wildman–Crippen MR) is 61.0 cm³/mol. The number of hydrogen-bond acceptors (Lipinski definition) is 3. The highest BCUT2D eigenvalue weighted by Crippen LogP contribution is 2.28. The molecule has 0 amide bonds. The highest BCUT2D eigenvalue weighted by molar-refractivity contribution is 5.46. The van der Waals surface area contributed by atoms with E-state index in [9.17, 15) is 0 Å². The van der Waals surface area contributed by atoms with Crippen LogP contribution < -0.4 is 4.74 Å². The van der Waals surface area contributed by atoms with E-state index < -0.39 is 0 Å². The molecule has 0 fully saturated rings. The van der Waals surface area contributed by atoms with Crippen molar-refractivity contribution in [2.45, 2.75) is 26.2 Å². The number of nitriles is 2. The minimum atomic E-state index is -0.0706. The molecule has 0 N–H and O–H groups in total. The summed E-state index contributed by atoms with van der Waals surface area (Å²) in [6.45, 7) is 6.16. The maximum absolute atomic E-state index is 9.06. The lowest BCUT2D eigenvalue weighted by molar-refractivity contribution is 0.367. The lowest BCUT2D eigenvalue weighted by atomic mass is 9.84. The minimum Gasteiger partial charge on any atom is -0.479 e. The summed E-state index contributed by atoms with van der Waals surface area (Å²) in [5, 5.41) is 17.5. The van der Waals surface area contributed by atoms with Crippen molar-refractivity contribution < 1.29 is 4.74 Å². The van der Waals surface area contributed by atoms with Gasteiger partial charge in [-0.25, -0.2) is 0 Å². The van der Waals surface area contributed by atoms with E-state index in [4.69, 9.17) is 15.3 Å². The fraction of sp³-hybridized carbons (Fsp3) is 0.385. The van der Waals surface area contributed by atoms with Gasteiger partial charge in [0.15, 0.2) is 6.61 Å².